The first-order chi connectivity index (χ1) is 14.9. The topological polar surface area (TPSA) is 66.1 Å². The van der Waals surface area contributed by atoms with E-state index in [0.717, 1.165) is 36.6 Å². The fourth-order valence-corrected chi connectivity index (χ4v) is 3.32. The summed E-state index contributed by atoms with van der Waals surface area (Å²) in [6.07, 6.45) is -0.228. The molecule has 7 heteroatoms. The Kier molecular flexibility index (Phi) is 8.14. The van der Waals surface area contributed by atoms with Gasteiger partial charge in [-0.25, -0.2) is 10.2 Å². The van der Waals surface area contributed by atoms with Crippen LogP contribution < -0.4 is 15.6 Å². The molecule has 2 aromatic carbocycles. The van der Waals surface area contributed by atoms with Crippen molar-refractivity contribution in [2.45, 2.75) is 32.9 Å². The zero-order valence-corrected chi connectivity index (χ0v) is 18.8. The zero-order valence-electron chi connectivity index (χ0n) is 18.8. The summed E-state index contributed by atoms with van der Waals surface area (Å²) in [5, 5.41) is 0. The number of carbonyl (C=O) groups is 1. The Bertz CT molecular complexity index is 815. The molecule has 0 aliphatic carbocycles. The van der Waals surface area contributed by atoms with Crippen LogP contribution in [-0.2, 0) is 11.3 Å². The largest absolute Gasteiger partial charge is 0.492 e. The van der Waals surface area contributed by atoms with E-state index in [0.29, 0.717) is 26.2 Å². The van der Waals surface area contributed by atoms with E-state index in [1.807, 2.05) is 69.3 Å². The zero-order chi connectivity index (χ0) is 22.1. The fraction of sp³-hybridized carbons (Fsp3) is 0.458. The van der Waals surface area contributed by atoms with Crippen molar-refractivity contribution >= 4 is 11.8 Å². The van der Waals surface area contributed by atoms with Crippen molar-refractivity contribution in [3.05, 3.63) is 60.2 Å². The number of hydrogen-bond donors (Lipinski definition) is 2. The van der Waals surface area contributed by atoms with E-state index in [-0.39, 0.29) is 6.09 Å². The highest BCUT2D eigenvalue weighted by Crippen LogP contribution is 2.18. The average molecular weight is 427 g/mol. The summed E-state index contributed by atoms with van der Waals surface area (Å²) in [5.74, 6) is 0.886. The van der Waals surface area contributed by atoms with Crippen molar-refractivity contribution in [2.75, 3.05) is 44.8 Å². The molecule has 2 aromatic rings. The molecule has 168 valence electrons. The quantitative estimate of drug-likeness (QED) is 0.627. The molecule has 0 aromatic heterocycles. The van der Waals surface area contributed by atoms with Gasteiger partial charge in [0.2, 0.25) is 0 Å². The minimum Gasteiger partial charge on any atom is -0.492 e. The van der Waals surface area contributed by atoms with Gasteiger partial charge in [-0.2, -0.15) is 0 Å². The van der Waals surface area contributed by atoms with E-state index < -0.39 is 5.60 Å². The number of ether oxygens (including phenoxy) is 2. The highest BCUT2D eigenvalue weighted by Gasteiger charge is 2.25. The molecule has 2 N–H and O–H groups in total. The van der Waals surface area contributed by atoms with Crippen LogP contribution in [0, 0.1) is 0 Å². The summed E-state index contributed by atoms with van der Waals surface area (Å²) in [4.78, 5) is 16.3. The van der Waals surface area contributed by atoms with E-state index in [4.69, 9.17) is 9.47 Å². The Labute approximate surface area is 185 Å². The maximum atomic E-state index is 12.2. The summed E-state index contributed by atoms with van der Waals surface area (Å²) in [7, 11) is 0. The molecule has 1 aliphatic rings. The number of nitrogens with one attached hydrogen (secondary N) is 2. The predicted octanol–water partition coefficient (Wildman–Crippen LogP) is 3.73. The number of amides is 1. The summed E-state index contributed by atoms with van der Waals surface area (Å²) < 4.78 is 11.5. The second-order valence-corrected chi connectivity index (χ2v) is 8.61. The highest BCUT2D eigenvalue weighted by atomic mass is 16.6. The Morgan fingerprint density at radius 1 is 0.968 bits per heavy atom. The Hall–Kier alpha value is -2.77. The van der Waals surface area contributed by atoms with Crippen molar-refractivity contribution in [3.8, 4) is 5.75 Å². The Balaban J connectivity index is 1.39. The van der Waals surface area contributed by atoms with Gasteiger partial charge in [0.15, 0.2) is 0 Å². The second kappa shape index (κ2) is 11.0. The molecule has 0 atom stereocenters. The first-order valence-corrected chi connectivity index (χ1v) is 10.9. The van der Waals surface area contributed by atoms with Gasteiger partial charge in [0.1, 0.15) is 18.0 Å². The van der Waals surface area contributed by atoms with Crippen LogP contribution in [0.3, 0.4) is 0 Å². The summed E-state index contributed by atoms with van der Waals surface area (Å²) in [6.45, 7) is 10.8. The lowest BCUT2D eigenvalue weighted by atomic mass is 10.2. The third kappa shape index (κ3) is 7.77. The van der Waals surface area contributed by atoms with Crippen molar-refractivity contribution in [2.24, 2.45) is 0 Å². The third-order valence-corrected chi connectivity index (χ3v) is 4.95. The summed E-state index contributed by atoms with van der Waals surface area (Å²) in [5.41, 5.74) is 8.10. The van der Waals surface area contributed by atoms with Crippen molar-refractivity contribution in [3.63, 3.8) is 0 Å². The Morgan fingerprint density at radius 2 is 1.65 bits per heavy atom. The fourth-order valence-electron chi connectivity index (χ4n) is 3.32. The summed E-state index contributed by atoms with van der Waals surface area (Å²) >= 11 is 0. The van der Waals surface area contributed by atoms with Gasteiger partial charge in [-0.3, -0.25) is 4.90 Å². The smallest absolute Gasteiger partial charge is 0.410 e. The SMILES string of the molecule is CC(C)(C)OC(=O)N1CCN(CCOc2ccccc2CNNc2ccccc2)CC1. The number of nitrogens with zero attached hydrogens (tertiary/aromatic N) is 2. The number of para-hydroxylation sites is 2. The van der Waals surface area contributed by atoms with Crippen LogP contribution in [0.1, 0.15) is 26.3 Å². The van der Waals surface area contributed by atoms with Crippen LogP contribution in [0.2, 0.25) is 0 Å². The minimum absolute atomic E-state index is 0.228. The molecule has 1 heterocycles. The van der Waals surface area contributed by atoms with Crippen LogP contribution >= 0.6 is 0 Å². The molecule has 0 saturated carbocycles. The number of hydrazine groups is 1. The normalized spacial score (nSPS) is 14.9. The van der Waals surface area contributed by atoms with E-state index in [1.54, 1.807) is 4.90 Å². The lowest BCUT2D eigenvalue weighted by Gasteiger charge is -2.35. The van der Waals surface area contributed by atoms with Gasteiger partial charge in [-0.05, 0) is 39.0 Å². The number of benzene rings is 2. The van der Waals surface area contributed by atoms with Crippen molar-refractivity contribution in [1.82, 2.24) is 15.2 Å². The van der Waals surface area contributed by atoms with Crippen LogP contribution in [0.15, 0.2) is 54.6 Å². The van der Waals surface area contributed by atoms with Crippen LogP contribution in [0.4, 0.5) is 10.5 Å². The molecule has 1 fully saturated rings. The minimum atomic E-state index is -0.457. The van der Waals surface area contributed by atoms with Gasteiger partial charge in [0.05, 0.1) is 0 Å². The highest BCUT2D eigenvalue weighted by molar-refractivity contribution is 5.68. The predicted molar refractivity (Wildman–Crippen MR) is 123 cm³/mol. The number of rotatable bonds is 8. The molecule has 0 bridgehead atoms. The number of hydrogen-bond acceptors (Lipinski definition) is 6. The maximum Gasteiger partial charge on any atom is 0.410 e. The first-order valence-electron chi connectivity index (χ1n) is 10.9. The van der Waals surface area contributed by atoms with E-state index >= 15 is 0 Å². The van der Waals surface area contributed by atoms with Crippen LogP contribution in [0.5, 0.6) is 5.75 Å². The first kappa shape index (κ1) is 22.9. The number of anilines is 1. The van der Waals surface area contributed by atoms with E-state index in [2.05, 4.69) is 21.8 Å². The second-order valence-electron chi connectivity index (χ2n) is 8.61. The standard InChI is InChI=1S/C24H34N4O3/c1-24(2,3)31-23(29)28-15-13-27(14-16-28)17-18-30-22-12-8-7-9-20(22)19-25-26-21-10-5-4-6-11-21/h4-12,25-26H,13-19H2,1-3H3. The number of carbonyl (C=O) groups excluding carboxylic acids is 1. The van der Waals surface area contributed by atoms with E-state index in [1.165, 1.54) is 0 Å². The lowest BCUT2D eigenvalue weighted by molar-refractivity contribution is 0.0137. The van der Waals surface area contributed by atoms with Crippen molar-refractivity contribution in [1.29, 1.82) is 0 Å². The van der Waals surface area contributed by atoms with E-state index in [9.17, 15) is 4.79 Å². The third-order valence-electron chi connectivity index (χ3n) is 4.95. The van der Waals surface area contributed by atoms with Gasteiger partial charge in [-0.15, -0.1) is 0 Å². The molecule has 0 spiro atoms. The molecular formula is C24H34N4O3. The average Bonchev–Trinajstić information content (AvgIpc) is 2.75. The van der Waals surface area contributed by atoms with Crippen LogP contribution in [0.25, 0.3) is 0 Å². The van der Waals surface area contributed by atoms with Gasteiger partial charge in [0, 0.05) is 50.5 Å². The van der Waals surface area contributed by atoms with Crippen molar-refractivity contribution < 1.29 is 14.3 Å². The van der Waals surface area contributed by atoms with Gasteiger partial charge < -0.3 is 19.8 Å². The van der Waals surface area contributed by atoms with Gasteiger partial charge in [0.25, 0.3) is 0 Å². The monoisotopic (exact) mass is 426 g/mol. The Morgan fingerprint density at radius 3 is 2.35 bits per heavy atom. The van der Waals surface area contributed by atoms with Crippen LogP contribution in [-0.4, -0.2) is 60.8 Å². The van der Waals surface area contributed by atoms with Gasteiger partial charge in [-0.1, -0.05) is 36.4 Å². The molecule has 31 heavy (non-hydrogen) atoms. The molecule has 3 rings (SSSR count). The summed E-state index contributed by atoms with van der Waals surface area (Å²) in [6, 6.07) is 18.1. The molecule has 1 saturated heterocycles. The molecular weight excluding hydrogens is 392 g/mol. The van der Waals surface area contributed by atoms with Gasteiger partial charge >= 0.3 is 6.09 Å². The molecule has 0 unspecified atom stereocenters. The molecule has 0 radical (unpaired) electrons. The maximum absolute atomic E-state index is 12.2. The molecule has 1 amide bonds. The number of piperazine rings is 1. The molecule has 1 aliphatic heterocycles. The molecule has 7 nitrogen and oxygen atoms in total. The lowest BCUT2D eigenvalue weighted by Crippen LogP contribution is -2.50.